The molecule has 6 heteroatoms. The van der Waals surface area contributed by atoms with Gasteiger partial charge in [-0.2, -0.15) is 0 Å². The topological polar surface area (TPSA) is 58.6 Å². The summed E-state index contributed by atoms with van der Waals surface area (Å²) in [4.78, 5) is 25.4. The number of nitrogens with zero attached hydrogens (tertiary/aromatic N) is 1. The highest BCUT2D eigenvalue weighted by Gasteiger charge is 2.31. The monoisotopic (exact) mass is 338 g/mol. The van der Waals surface area contributed by atoms with Gasteiger partial charge in [0.25, 0.3) is 0 Å². The Kier molecular flexibility index (Phi) is 6.28. The maximum atomic E-state index is 12.3. The summed E-state index contributed by atoms with van der Waals surface area (Å²) in [5.74, 6) is 0.659. The molecule has 0 aliphatic carbocycles. The molecule has 126 valence electrons. The van der Waals surface area contributed by atoms with E-state index in [1.54, 1.807) is 11.0 Å². The van der Waals surface area contributed by atoms with Gasteiger partial charge < -0.3 is 15.0 Å². The van der Waals surface area contributed by atoms with E-state index < -0.39 is 0 Å². The molecule has 1 aromatic rings. The summed E-state index contributed by atoms with van der Waals surface area (Å²) in [6, 6.07) is 5.16. The standard InChI is InChI=1S/C17H23ClN2O3/c1-3-23-16-7-6-14(18)11-13(16)8-9-19-17(22)15-5-4-10-20(15)12(2)21/h6-7,11,15H,3-5,8-10H2,1-2H3,(H,19,22). The van der Waals surface area contributed by atoms with E-state index in [1.165, 1.54) is 6.92 Å². The second-order valence-corrected chi connectivity index (χ2v) is 6.03. The van der Waals surface area contributed by atoms with Crippen LogP contribution >= 0.6 is 11.6 Å². The predicted octanol–water partition coefficient (Wildman–Crippen LogP) is 2.41. The Labute approximate surface area is 141 Å². The van der Waals surface area contributed by atoms with Crippen LogP contribution in [0.5, 0.6) is 5.75 Å². The van der Waals surface area contributed by atoms with Crippen molar-refractivity contribution in [2.24, 2.45) is 0 Å². The zero-order chi connectivity index (χ0) is 16.8. The molecule has 1 aromatic carbocycles. The van der Waals surface area contributed by atoms with E-state index >= 15 is 0 Å². The maximum absolute atomic E-state index is 12.3. The lowest BCUT2D eigenvalue weighted by Gasteiger charge is -2.22. The number of benzene rings is 1. The number of hydrogen-bond acceptors (Lipinski definition) is 3. The minimum absolute atomic E-state index is 0.0453. The van der Waals surface area contributed by atoms with Crippen molar-refractivity contribution in [1.29, 1.82) is 0 Å². The van der Waals surface area contributed by atoms with Gasteiger partial charge in [0.2, 0.25) is 11.8 Å². The summed E-state index contributed by atoms with van der Waals surface area (Å²) < 4.78 is 5.57. The van der Waals surface area contributed by atoms with Gasteiger partial charge in [-0.25, -0.2) is 0 Å². The lowest BCUT2D eigenvalue weighted by molar-refractivity contribution is -0.136. The van der Waals surface area contributed by atoms with Gasteiger partial charge in [-0.05, 0) is 49.9 Å². The molecule has 1 fully saturated rings. The van der Waals surface area contributed by atoms with E-state index in [4.69, 9.17) is 16.3 Å². The summed E-state index contributed by atoms with van der Waals surface area (Å²) in [5.41, 5.74) is 0.967. The fourth-order valence-corrected chi connectivity index (χ4v) is 3.09. The second-order valence-electron chi connectivity index (χ2n) is 5.60. The van der Waals surface area contributed by atoms with Gasteiger partial charge in [-0.1, -0.05) is 11.6 Å². The lowest BCUT2D eigenvalue weighted by Crippen LogP contribution is -2.45. The molecule has 0 radical (unpaired) electrons. The third-order valence-electron chi connectivity index (χ3n) is 3.98. The first-order valence-corrected chi connectivity index (χ1v) is 8.37. The zero-order valence-electron chi connectivity index (χ0n) is 13.6. The van der Waals surface area contributed by atoms with Crippen LogP contribution in [0.25, 0.3) is 0 Å². The first-order chi connectivity index (χ1) is 11.0. The number of carbonyl (C=O) groups excluding carboxylic acids is 2. The van der Waals surface area contributed by atoms with Gasteiger partial charge >= 0.3 is 0 Å². The molecule has 0 saturated carbocycles. The Balaban J connectivity index is 1.91. The number of rotatable bonds is 6. The van der Waals surface area contributed by atoms with E-state index in [2.05, 4.69) is 5.32 Å². The minimum Gasteiger partial charge on any atom is -0.494 e. The van der Waals surface area contributed by atoms with Crippen LogP contribution in [0.15, 0.2) is 18.2 Å². The molecule has 5 nitrogen and oxygen atoms in total. The Hall–Kier alpha value is -1.75. The molecule has 0 aromatic heterocycles. The molecule has 1 heterocycles. The van der Waals surface area contributed by atoms with Gasteiger partial charge in [0.05, 0.1) is 6.61 Å². The van der Waals surface area contributed by atoms with Crippen molar-refractivity contribution in [3.8, 4) is 5.75 Å². The fourth-order valence-electron chi connectivity index (χ4n) is 2.89. The molecule has 1 N–H and O–H groups in total. The van der Waals surface area contributed by atoms with E-state index in [1.807, 2.05) is 19.1 Å². The Morgan fingerprint density at radius 3 is 2.91 bits per heavy atom. The van der Waals surface area contributed by atoms with Crippen LogP contribution < -0.4 is 10.1 Å². The third kappa shape index (κ3) is 4.61. The third-order valence-corrected chi connectivity index (χ3v) is 4.21. The molecule has 2 amide bonds. The molecule has 1 atom stereocenters. The van der Waals surface area contributed by atoms with Crippen molar-refractivity contribution in [2.75, 3.05) is 19.7 Å². The van der Waals surface area contributed by atoms with E-state index in [-0.39, 0.29) is 17.9 Å². The van der Waals surface area contributed by atoms with Crippen LogP contribution in [-0.4, -0.2) is 42.5 Å². The van der Waals surface area contributed by atoms with Gasteiger partial charge in [0.15, 0.2) is 0 Å². The van der Waals surface area contributed by atoms with Crippen molar-refractivity contribution in [3.63, 3.8) is 0 Å². The van der Waals surface area contributed by atoms with E-state index in [9.17, 15) is 9.59 Å². The van der Waals surface area contributed by atoms with Crippen LogP contribution in [0, 0.1) is 0 Å². The smallest absolute Gasteiger partial charge is 0.242 e. The quantitative estimate of drug-likeness (QED) is 0.866. The van der Waals surface area contributed by atoms with E-state index in [0.29, 0.717) is 31.1 Å². The normalized spacial score (nSPS) is 17.2. The molecule has 1 aliphatic heterocycles. The first-order valence-electron chi connectivity index (χ1n) is 7.99. The van der Waals surface area contributed by atoms with Crippen molar-refractivity contribution in [2.45, 2.75) is 39.2 Å². The molecule has 1 unspecified atom stereocenters. The molecule has 2 rings (SSSR count). The first kappa shape index (κ1) is 17.6. The van der Waals surface area contributed by atoms with Crippen LogP contribution in [0.2, 0.25) is 5.02 Å². The van der Waals surface area contributed by atoms with Crippen molar-refractivity contribution in [3.05, 3.63) is 28.8 Å². The number of likely N-dealkylation sites (tertiary alicyclic amines) is 1. The molecule has 23 heavy (non-hydrogen) atoms. The maximum Gasteiger partial charge on any atom is 0.242 e. The molecule has 0 spiro atoms. The summed E-state index contributed by atoms with van der Waals surface area (Å²) in [6.07, 6.45) is 2.24. The van der Waals surface area contributed by atoms with Gasteiger partial charge in [0, 0.05) is 25.0 Å². The summed E-state index contributed by atoms with van der Waals surface area (Å²) >= 11 is 6.03. The molecule has 1 saturated heterocycles. The molecule has 1 aliphatic rings. The number of ether oxygens (including phenoxy) is 1. The Bertz CT molecular complexity index is 577. The van der Waals surface area contributed by atoms with Crippen molar-refractivity contribution < 1.29 is 14.3 Å². The van der Waals surface area contributed by atoms with Gasteiger partial charge in [-0.15, -0.1) is 0 Å². The Morgan fingerprint density at radius 2 is 2.22 bits per heavy atom. The number of nitrogens with one attached hydrogen (secondary N) is 1. The minimum atomic E-state index is -0.335. The second kappa shape index (κ2) is 8.20. The van der Waals surface area contributed by atoms with Gasteiger partial charge in [-0.3, -0.25) is 9.59 Å². The summed E-state index contributed by atoms with van der Waals surface area (Å²) in [7, 11) is 0. The predicted molar refractivity (Wildman–Crippen MR) is 89.7 cm³/mol. The highest BCUT2D eigenvalue weighted by molar-refractivity contribution is 6.30. The summed E-state index contributed by atoms with van der Waals surface area (Å²) in [5, 5.41) is 3.56. The van der Waals surface area contributed by atoms with Crippen molar-refractivity contribution >= 4 is 23.4 Å². The SMILES string of the molecule is CCOc1ccc(Cl)cc1CCNC(=O)C1CCCN1C(C)=O. The fraction of sp³-hybridized carbons (Fsp3) is 0.529. The number of halogens is 1. The summed E-state index contributed by atoms with van der Waals surface area (Å²) in [6.45, 7) is 5.16. The van der Waals surface area contributed by atoms with Crippen LogP contribution in [0.1, 0.15) is 32.3 Å². The largest absolute Gasteiger partial charge is 0.494 e. The zero-order valence-corrected chi connectivity index (χ0v) is 14.4. The average molecular weight is 339 g/mol. The lowest BCUT2D eigenvalue weighted by atomic mass is 10.1. The number of amides is 2. The van der Waals surface area contributed by atoms with Crippen LogP contribution in [0.3, 0.4) is 0 Å². The van der Waals surface area contributed by atoms with E-state index in [0.717, 1.165) is 24.2 Å². The number of carbonyl (C=O) groups is 2. The number of hydrogen-bond donors (Lipinski definition) is 1. The van der Waals surface area contributed by atoms with Crippen LogP contribution in [0.4, 0.5) is 0 Å². The van der Waals surface area contributed by atoms with Gasteiger partial charge in [0.1, 0.15) is 11.8 Å². The molecule has 0 bridgehead atoms. The molecular weight excluding hydrogens is 316 g/mol. The average Bonchev–Trinajstić information content (AvgIpc) is 3.00. The van der Waals surface area contributed by atoms with Crippen LogP contribution in [-0.2, 0) is 16.0 Å². The van der Waals surface area contributed by atoms with Crippen molar-refractivity contribution in [1.82, 2.24) is 10.2 Å². The molecular formula is C17H23ClN2O3. The Morgan fingerprint density at radius 1 is 1.43 bits per heavy atom. The highest BCUT2D eigenvalue weighted by Crippen LogP contribution is 2.23. The highest BCUT2D eigenvalue weighted by atomic mass is 35.5.